The van der Waals surface area contributed by atoms with E-state index in [1.54, 1.807) is 0 Å². The largest absolute Gasteiger partial charge is 0.501 e. The van der Waals surface area contributed by atoms with Gasteiger partial charge in [-0.15, -0.1) is 47.5 Å². The monoisotopic (exact) mass is 1100 g/mol. The van der Waals surface area contributed by atoms with Crippen molar-refractivity contribution in [3.8, 4) is 39.5 Å². The zero-order valence-electron chi connectivity index (χ0n) is 43.3. The van der Waals surface area contributed by atoms with E-state index >= 15 is 0 Å². The minimum atomic E-state index is -1.44. The predicted octanol–water partition coefficient (Wildman–Crippen LogP) is 16.8. The molecule has 0 spiro atoms. The summed E-state index contributed by atoms with van der Waals surface area (Å²) in [4.78, 5) is 10.1. The number of aromatic nitrogens is 3. The molecule has 3 heterocycles. The van der Waals surface area contributed by atoms with Gasteiger partial charge in [-0.25, -0.2) is 0 Å². The summed E-state index contributed by atoms with van der Waals surface area (Å²) in [6, 6.07) is 48.7. The molecule has 0 unspecified atom stereocenters. The Morgan fingerprint density at radius 1 is 0.739 bits per heavy atom. The fourth-order valence-corrected chi connectivity index (χ4v) is 12.2. The van der Waals surface area contributed by atoms with E-state index in [9.17, 15) is 0 Å². The fraction of sp³-hybridized carbons (Fsp3) is 0.333. The van der Waals surface area contributed by atoms with Gasteiger partial charge >= 0.3 is 0 Å². The van der Waals surface area contributed by atoms with Crippen molar-refractivity contribution in [2.45, 2.75) is 126 Å². The fourth-order valence-electron chi connectivity index (χ4n) is 10.6. The number of nitrogens with zero attached hydrogens (tertiary/aromatic N) is 3. The molecule has 1 aliphatic carbocycles. The minimum absolute atomic E-state index is 0. The summed E-state index contributed by atoms with van der Waals surface area (Å²) in [5.74, 6) is 2.34. The van der Waals surface area contributed by atoms with E-state index in [4.69, 9.17) is 14.4 Å². The summed E-state index contributed by atoms with van der Waals surface area (Å²) in [7, 11) is -1.44. The number of hydrogen-bond acceptors (Lipinski definition) is 3. The number of fused-ring (bicyclic) bond motifs is 7. The summed E-state index contributed by atoms with van der Waals surface area (Å²) in [5.41, 5.74) is 19.3. The van der Waals surface area contributed by atoms with Crippen LogP contribution in [-0.2, 0) is 38.4 Å². The number of hydrogen-bond donors (Lipinski definition) is 0. The topological polar surface area (TPSA) is 43.9 Å². The molecule has 0 N–H and O–H groups in total. The summed E-state index contributed by atoms with van der Waals surface area (Å²) in [6.45, 7) is 32.5. The van der Waals surface area contributed by atoms with Crippen LogP contribution in [0.3, 0.4) is 0 Å². The molecule has 9 aromatic rings. The van der Waals surface area contributed by atoms with Crippen LogP contribution >= 0.6 is 0 Å². The average molecular weight is 1100 g/mol. The zero-order chi connectivity index (χ0) is 48.4. The van der Waals surface area contributed by atoms with Gasteiger partial charge in [-0.3, -0.25) is 4.98 Å². The second kappa shape index (κ2) is 19.1. The first-order valence-corrected chi connectivity index (χ1v) is 28.3. The predicted molar refractivity (Wildman–Crippen MR) is 292 cm³/mol. The third kappa shape index (κ3) is 9.62. The molecule has 0 atom stereocenters. The molecule has 357 valence electrons. The Balaban J connectivity index is 0.000000199. The van der Waals surface area contributed by atoms with Crippen molar-refractivity contribution < 1.29 is 24.5 Å². The van der Waals surface area contributed by atoms with Crippen molar-refractivity contribution in [2.24, 2.45) is 11.3 Å². The molecule has 3 aromatic heterocycles. The van der Waals surface area contributed by atoms with Crippen molar-refractivity contribution in [1.82, 2.24) is 14.5 Å². The van der Waals surface area contributed by atoms with E-state index in [1.807, 2.05) is 18.2 Å². The number of rotatable bonds is 9. The van der Waals surface area contributed by atoms with Gasteiger partial charge in [0.15, 0.2) is 0 Å². The molecule has 1 aliphatic rings. The van der Waals surface area contributed by atoms with Gasteiger partial charge in [0.05, 0.1) is 30.5 Å². The van der Waals surface area contributed by atoms with Gasteiger partial charge in [-0.05, 0) is 98.3 Å². The minimum Gasteiger partial charge on any atom is -0.501 e. The molecule has 6 aromatic carbocycles. The normalized spacial score (nSPS) is 13.3. The van der Waals surface area contributed by atoms with Crippen molar-refractivity contribution in [3.63, 3.8) is 0 Å². The van der Waals surface area contributed by atoms with Gasteiger partial charge in [0.1, 0.15) is 5.58 Å². The number of pyridine rings is 1. The molecular formula is C63H69IrN3OSi-2. The summed E-state index contributed by atoms with van der Waals surface area (Å²) >= 11 is 0. The Morgan fingerprint density at radius 3 is 2.10 bits per heavy atom. The number of furan rings is 1. The van der Waals surface area contributed by atoms with Crippen molar-refractivity contribution in [2.75, 3.05) is 0 Å². The van der Waals surface area contributed by atoms with E-state index in [-0.39, 0.29) is 30.9 Å². The van der Waals surface area contributed by atoms with E-state index < -0.39 is 8.07 Å². The second-order valence-electron chi connectivity index (χ2n) is 23.0. The van der Waals surface area contributed by atoms with E-state index in [2.05, 4.69) is 216 Å². The molecule has 10 rings (SSSR count). The van der Waals surface area contributed by atoms with Crippen LogP contribution in [0.5, 0.6) is 0 Å². The molecule has 0 amide bonds. The number of benzene rings is 6. The van der Waals surface area contributed by atoms with Crippen molar-refractivity contribution in [1.29, 1.82) is 0 Å². The van der Waals surface area contributed by atoms with Gasteiger partial charge in [-0.1, -0.05) is 191 Å². The standard InChI is InChI=1S/C39H43N2.C24H26NOSi.Ir/c1-24(2)28-13-12-14-29(25(3)4)36(28)41-35-16-11-10-15-34(35)40-37(41)27-18-20-33-31(22-27)30-21-26(23-38(5,6)7)17-19-32(30)39(33,8)9;1-16(2)13-17-14-21(25-15-23(17)27(3,4)5)20-11-8-10-19-18-9-6-7-12-22(18)26-24(19)20;/h10-17,19-22,24-25H,23H2,1-9H3;6-10,12,14-16H,13H2,1-5H3;/q2*-1;. The van der Waals surface area contributed by atoms with Gasteiger partial charge in [0.2, 0.25) is 0 Å². The maximum absolute atomic E-state index is 6.19. The smallest absolute Gasteiger partial charge is 0.120 e. The molecule has 0 bridgehead atoms. The van der Waals surface area contributed by atoms with Gasteiger partial charge < -0.3 is 14.0 Å². The zero-order valence-corrected chi connectivity index (χ0v) is 46.7. The van der Waals surface area contributed by atoms with Crippen LogP contribution in [0.2, 0.25) is 19.6 Å². The third-order valence-electron chi connectivity index (χ3n) is 13.8. The second-order valence-corrected chi connectivity index (χ2v) is 28.1. The molecular weight excluding hydrogens is 1040 g/mol. The Labute approximate surface area is 426 Å². The van der Waals surface area contributed by atoms with Crippen LogP contribution in [0.25, 0.3) is 72.4 Å². The van der Waals surface area contributed by atoms with Gasteiger partial charge in [0.25, 0.3) is 0 Å². The molecule has 6 heteroatoms. The molecule has 0 saturated heterocycles. The Kier molecular flexibility index (Phi) is 13.8. The third-order valence-corrected chi connectivity index (χ3v) is 15.9. The summed E-state index contributed by atoms with van der Waals surface area (Å²) in [5, 5.41) is 3.72. The molecule has 4 nitrogen and oxygen atoms in total. The quantitative estimate of drug-likeness (QED) is 0.107. The van der Waals surface area contributed by atoms with Crippen LogP contribution in [-0.4, -0.2) is 22.6 Å². The molecule has 1 radical (unpaired) electrons. The van der Waals surface area contributed by atoms with Gasteiger partial charge in [0, 0.05) is 37.4 Å². The van der Waals surface area contributed by atoms with Crippen molar-refractivity contribution in [3.05, 3.63) is 167 Å². The van der Waals surface area contributed by atoms with Crippen LogP contribution in [0.15, 0.2) is 126 Å². The maximum Gasteiger partial charge on any atom is 0.120 e. The Bertz CT molecular complexity index is 3310. The maximum atomic E-state index is 6.19. The van der Waals surface area contributed by atoms with Crippen LogP contribution in [0.1, 0.15) is 121 Å². The van der Waals surface area contributed by atoms with Crippen LogP contribution < -0.4 is 5.19 Å². The summed E-state index contributed by atoms with van der Waals surface area (Å²) in [6.07, 6.45) is 4.24. The van der Waals surface area contributed by atoms with Crippen LogP contribution in [0.4, 0.5) is 0 Å². The average Bonchev–Trinajstić information content (AvgIpc) is 3.92. The van der Waals surface area contributed by atoms with E-state index in [0.717, 1.165) is 68.5 Å². The van der Waals surface area contributed by atoms with E-state index in [0.29, 0.717) is 17.8 Å². The van der Waals surface area contributed by atoms with Gasteiger partial charge in [-0.2, -0.15) is 0 Å². The SMILES string of the molecule is CC(C)Cc1cc(-c2[c-]ccc3c2oc2ccccc23)ncc1[Si](C)(C)C.CC(C)c1cccc(C(C)C)c1-n1c(-c2[c-]cc3c(c2)-c2cc(CC(C)(C)C)ccc2C3(C)C)nc2ccccc21.[Ir]. The summed E-state index contributed by atoms with van der Waals surface area (Å²) < 4.78 is 8.61. The number of para-hydroxylation sites is 4. The first kappa shape index (κ1) is 50.0. The Hall–Kier alpha value is -5.39. The molecule has 0 saturated carbocycles. The first-order valence-electron chi connectivity index (χ1n) is 24.8. The van der Waals surface area contributed by atoms with Crippen molar-refractivity contribution >= 4 is 46.2 Å². The molecule has 69 heavy (non-hydrogen) atoms. The Morgan fingerprint density at radius 2 is 1.42 bits per heavy atom. The molecule has 0 aliphatic heterocycles. The first-order chi connectivity index (χ1) is 32.2. The van der Waals surface area contributed by atoms with E-state index in [1.165, 1.54) is 55.4 Å². The van der Waals surface area contributed by atoms with Crippen LogP contribution in [0, 0.1) is 23.5 Å². The number of imidazole rings is 1. The molecule has 0 fully saturated rings.